The number of carbonyl (C=O) groups excluding carboxylic acids is 1. The van der Waals surface area contributed by atoms with Gasteiger partial charge in [0.05, 0.1) is 15.9 Å². The summed E-state index contributed by atoms with van der Waals surface area (Å²) in [5.74, 6) is -0.126. The Morgan fingerprint density at radius 2 is 1.97 bits per heavy atom. The van der Waals surface area contributed by atoms with E-state index < -0.39 is 0 Å². The maximum atomic E-state index is 12.3. The van der Waals surface area contributed by atoms with Gasteiger partial charge in [0.2, 0.25) is 5.91 Å². The van der Waals surface area contributed by atoms with Crippen molar-refractivity contribution < 1.29 is 4.79 Å². The summed E-state index contributed by atoms with van der Waals surface area (Å²) in [7, 11) is 0. The van der Waals surface area contributed by atoms with Gasteiger partial charge in [0.25, 0.3) is 5.56 Å². The van der Waals surface area contributed by atoms with Gasteiger partial charge < -0.3 is 5.32 Å². The molecule has 0 fully saturated rings. The van der Waals surface area contributed by atoms with Gasteiger partial charge in [-0.2, -0.15) is 5.10 Å². The summed E-state index contributed by atoms with van der Waals surface area (Å²) < 4.78 is 2.44. The summed E-state index contributed by atoms with van der Waals surface area (Å²) in [6.07, 6.45) is 4.14. The highest BCUT2D eigenvalue weighted by Crippen LogP contribution is 2.26. The molecule has 146 valence electrons. The first-order valence-electron chi connectivity index (χ1n) is 9.24. The average Bonchev–Trinajstić information content (AvgIpc) is 3.11. The van der Waals surface area contributed by atoms with Crippen LogP contribution in [0.4, 0.5) is 5.13 Å². The zero-order valence-corrected chi connectivity index (χ0v) is 16.6. The Morgan fingerprint density at radius 1 is 1.14 bits per heavy atom. The number of aryl methyl sites for hydroxylation is 2. The van der Waals surface area contributed by atoms with E-state index in [2.05, 4.69) is 26.4 Å². The number of pyridine rings is 1. The lowest BCUT2D eigenvalue weighted by molar-refractivity contribution is -0.116. The number of nitrogens with zero attached hydrogens (tertiary/aromatic N) is 4. The molecule has 4 rings (SSSR count). The standard InChI is InChI=1S/C21H19N5O2S/c1-14-4-5-17-18(13-14)29-21(23-17)24-19(27)3-2-12-26-20(28)7-6-16(25-26)15-8-10-22-11-9-15/h4-11,13H,2-3,12H2,1H3,(H,23,24,27). The van der Waals surface area contributed by atoms with Gasteiger partial charge in [-0.1, -0.05) is 17.4 Å². The van der Waals surface area contributed by atoms with Gasteiger partial charge in [0, 0.05) is 37.0 Å². The summed E-state index contributed by atoms with van der Waals surface area (Å²) in [5.41, 5.74) is 3.43. The Balaban J connectivity index is 1.37. The predicted molar refractivity (Wildman–Crippen MR) is 114 cm³/mol. The van der Waals surface area contributed by atoms with Crippen molar-refractivity contribution in [1.82, 2.24) is 19.7 Å². The molecular weight excluding hydrogens is 386 g/mol. The monoisotopic (exact) mass is 405 g/mol. The van der Waals surface area contributed by atoms with Crippen LogP contribution in [0.1, 0.15) is 18.4 Å². The molecule has 0 spiro atoms. The Kier molecular flexibility index (Phi) is 5.44. The molecule has 0 saturated carbocycles. The molecular formula is C21H19N5O2S. The van der Waals surface area contributed by atoms with Gasteiger partial charge in [0.15, 0.2) is 5.13 Å². The largest absolute Gasteiger partial charge is 0.302 e. The summed E-state index contributed by atoms with van der Waals surface area (Å²) in [5, 5.41) is 7.83. The van der Waals surface area contributed by atoms with E-state index >= 15 is 0 Å². The SMILES string of the molecule is Cc1ccc2nc(NC(=O)CCCn3nc(-c4ccncc4)ccc3=O)sc2c1. The van der Waals surface area contributed by atoms with Gasteiger partial charge in [0.1, 0.15) is 0 Å². The molecule has 0 bridgehead atoms. The average molecular weight is 405 g/mol. The van der Waals surface area contributed by atoms with Crippen LogP contribution in [-0.4, -0.2) is 25.7 Å². The minimum Gasteiger partial charge on any atom is -0.302 e. The molecule has 8 heteroatoms. The molecule has 0 atom stereocenters. The number of hydrogen-bond donors (Lipinski definition) is 1. The molecule has 1 aromatic carbocycles. The second-order valence-corrected chi connectivity index (χ2v) is 7.69. The molecule has 0 aliphatic heterocycles. The predicted octanol–water partition coefficient (Wildman–Crippen LogP) is 3.64. The summed E-state index contributed by atoms with van der Waals surface area (Å²) in [6.45, 7) is 2.39. The highest BCUT2D eigenvalue weighted by Gasteiger charge is 2.09. The molecule has 1 N–H and O–H groups in total. The smallest absolute Gasteiger partial charge is 0.266 e. The number of hydrogen-bond acceptors (Lipinski definition) is 6. The Bertz CT molecular complexity index is 1220. The third-order valence-corrected chi connectivity index (χ3v) is 5.34. The van der Waals surface area contributed by atoms with Gasteiger partial charge >= 0.3 is 0 Å². The zero-order chi connectivity index (χ0) is 20.2. The highest BCUT2D eigenvalue weighted by atomic mass is 32.1. The van der Waals surface area contributed by atoms with E-state index in [1.165, 1.54) is 22.1 Å². The van der Waals surface area contributed by atoms with Crippen molar-refractivity contribution in [2.24, 2.45) is 0 Å². The molecule has 0 aliphatic rings. The summed E-state index contributed by atoms with van der Waals surface area (Å²) in [4.78, 5) is 32.8. The minimum absolute atomic E-state index is 0.126. The van der Waals surface area contributed by atoms with Gasteiger partial charge in [-0.25, -0.2) is 9.67 Å². The first kappa shape index (κ1) is 18.9. The van der Waals surface area contributed by atoms with E-state index in [1.807, 2.05) is 31.2 Å². The van der Waals surface area contributed by atoms with Crippen LogP contribution < -0.4 is 10.9 Å². The third-order valence-electron chi connectivity index (χ3n) is 4.41. The lowest BCUT2D eigenvalue weighted by atomic mass is 10.2. The molecule has 0 aliphatic carbocycles. The normalized spacial score (nSPS) is 10.9. The van der Waals surface area contributed by atoms with E-state index in [0.717, 1.165) is 21.3 Å². The van der Waals surface area contributed by atoms with Crippen LogP contribution in [0.2, 0.25) is 0 Å². The van der Waals surface area contributed by atoms with E-state index in [1.54, 1.807) is 18.5 Å². The number of fused-ring (bicyclic) bond motifs is 1. The van der Waals surface area contributed by atoms with Crippen LogP contribution >= 0.6 is 11.3 Å². The van der Waals surface area contributed by atoms with Crippen LogP contribution in [0.3, 0.4) is 0 Å². The number of carbonyl (C=O) groups is 1. The maximum Gasteiger partial charge on any atom is 0.266 e. The van der Waals surface area contributed by atoms with Crippen LogP contribution in [0, 0.1) is 6.92 Å². The minimum atomic E-state index is -0.190. The molecule has 0 unspecified atom stereocenters. The Labute approximate surface area is 171 Å². The lowest BCUT2D eigenvalue weighted by Gasteiger charge is -2.07. The van der Waals surface area contributed by atoms with Crippen molar-refractivity contribution in [2.75, 3.05) is 5.32 Å². The van der Waals surface area contributed by atoms with Crippen molar-refractivity contribution in [3.63, 3.8) is 0 Å². The van der Waals surface area contributed by atoms with Crippen molar-refractivity contribution in [3.8, 4) is 11.3 Å². The van der Waals surface area contributed by atoms with Crippen molar-refractivity contribution in [3.05, 3.63) is 70.8 Å². The van der Waals surface area contributed by atoms with Gasteiger partial charge in [-0.3, -0.25) is 14.6 Å². The van der Waals surface area contributed by atoms with E-state index in [4.69, 9.17) is 0 Å². The second kappa shape index (κ2) is 8.32. The lowest BCUT2D eigenvalue weighted by Crippen LogP contribution is -2.23. The molecule has 4 aromatic rings. The maximum absolute atomic E-state index is 12.3. The van der Waals surface area contributed by atoms with Gasteiger partial charge in [-0.05, 0) is 49.2 Å². The zero-order valence-electron chi connectivity index (χ0n) is 15.8. The topological polar surface area (TPSA) is 89.8 Å². The third kappa shape index (κ3) is 4.55. The first-order chi connectivity index (χ1) is 14.1. The highest BCUT2D eigenvalue weighted by molar-refractivity contribution is 7.22. The quantitative estimate of drug-likeness (QED) is 0.529. The summed E-state index contributed by atoms with van der Waals surface area (Å²) in [6, 6.07) is 12.9. The van der Waals surface area contributed by atoms with Gasteiger partial charge in [-0.15, -0.1) is 0 Å². The number of thiazole rings is 1. The van der Waals surface area contributed by atoms with E-state index in [-0.39, 0.29) is 17.9 Å². The van der Waals surface area contributed by atoms with E-state index in [9.17, 15) is 9.59 Å². The van der Waals surface area contributed by atoms with Crippen molar-refractivity contribution in [1.29, 1.82) is 0 Å². The number of nitrogens with one attached hydrogen (secondary N) is 1. The van der Waals surface area contributed by atoms with Crippen LogP contribution in [-0.2, 0) is 11.3 Å². The fourth-order valence-electron chi connectivity index (χ4n) is 2.94. The first-order valence-corrected chi connectivity index (χ1v) is 10.1. The molecule has 3 aromatic heterocycles. The van der Waals surface area contributed by atoms with Crippen molar-refractivity contribution >= 4 is 32.6 Å². The van der Waals surface area contributed by atoms with Crippen molar-refractivity contribution in [2.45, 2.75) is 26.3 Å². The molecule has 29 heavy (non-hydrogen) atoms. The Morgan fingerprint density at radius 3 is 2.79 bits per heavy atom. The molecule has 7 nitrogen and oxygen atoms in total. The fourth-order valence-corrected chi connectivity index (χ4v) is 3.92. The second-order valence-electron chi connectivity index (χ2n) is 6.66. The Hall–Kier alpha value is -3.39. The molecule has 1 amide bonds. The van der Waals surface area contributed by atoms with Crippen LogP contribution in [0.15, 0.2) is 59.7 Å². The molecule has 0 radical (unpaired) electrons. The van der Waals surface area contributed by atoms with Crippen LogP contribution in [0.5, 0.6) is 0 Å². The summed E-state index contributed by atoms with van der Waals surface area (Å²) >= 11 is 1.46. The number of amides is 1. The molecule has 0 saturated heterocycles. The number of anilines is 1. The number of aromatic nitrogens is 4. The number of benzene rings is 1. The van der Waals surface area contributed by atoms with E-state index in [0.29, 0.717) is 23.8 Å². The fraction of sp³-hybridized carbons (Fsp3) is 0.190. The molecule has 3 heterocycles. The van der Waals surface area contributed by atoms with Crippen LogP contribution in [0.25, 0.3) is 21.5 Å². The number of rotatable bonds is 6.